The molecular weight excluding hydrogens is 228 g/mol. The predicted molar refractivity (Wildman–Crippen MR) is 64.8 cm³/mol. The average Bonchev–Trinajstić information content (AvgIpc) is 2.83. The zero-order chi connectivity index (χ0) is 12.5. The van der Waals surface area contributed by atoms with E-state index in [0.29, 0.717) is 17.2 Å². The summed E-state index contributed by atoms with van der Waals surface area (Å²) in [6.45, 7) is 0. The van der Waals surface area contributed by atoms with Crippen LogP contribution >= 0.6 is 0 Å². The molecule has 0 radical (unpaired) electrons. The molecule has 5 heteroatoms. The van der Waals surface area contributed by atoms with Crippen LogP contribution in [-0.4, -0.2) is 19.7 Å². The van der Waals surface area contributed by atoms with Gasteiger partial charge in [-0.15, -0.1) is 5.10 Å². The summed E-state index contributed by atoms with van der Waals surface area (Å²) in [5, 5.41) is 22.5. The van der Waals surface area contributed by atoms with Crippen LogP contribution in [-0.2, 0) is 0 Å². The minimum atomic E-state index is 0.195. The molecule has 86 valence electrons. The lowest BCUT2D eigenvalue weighted by Gasteiger charge is -1.94. The minimum absolute atomic E-state index is 0.195. The number of nitriles is 1. The number of aromatic nitrogens is 3. The molecular formula is C13H8N4O. The van der Waals surface area contributed by atoms with Crippen LogP contribution in [0.2, 0.25) is 0 Å². The highest BCUT2D eigenvalue weighted by molar-refractivity contribution is 5.59. The fourth-order valence-electron chi connectivity index (χ4n) is 1.72. The summed E-state index contributed by atoms with van der Waals surface area (Å²) in [6, 6.07) is 13.9. The van der Waals surface area contributed by atoms with Crippen molar-refractivity contribution in [2.24, 2.45) is 0 Å². The largest absolute Gasteiger partial charge is 0.508 e. The molecule has 0 unspecified atom stereocenters. The van der Waals surface area contributed by atoms with Crippen molar-refractivity contribution in [2.75, 3.05) is 0 Å². The number of pyridine rings is 1. The van der Waals surface area contributed by atoms with Crippen LogP contribution < -0.4 is 0 Å². The van der Waals surface area contributed by atoms with Crippen molar-refractivity contribution in [1.29, 1.82) is 5.26 Å². The van der Waals surface area contributed by atoms with Gasteiger partial charge in [0.05, 0.1) is 0 Å². The SMILES string of the molecule is N#Cc1cccc2nc(-c3ccc(O)cc3)nn12. The van der Waals surface area contributed by atoms with E-state index in [9.17, 15) is 5.11 Å². The number of nitrogens with zero attached hydrogens (tertiary/aromatic N) is 4. The van der Waals surface area contributed by atoms with Crippen molar-refractivity contribution in [1.82, 2.24) is 14.6 Å². The van der Waals surface area contributed by atoms with Crippen LogP contribution in [0.5, 0.6) is 5.75 Å². The monoisotopic (exact) mass is 236 g/mol. The maximum atomic E-state index is 9.24. The standard InChI is InChI=1S/C13H8N4O/c14-8-10-2-1-3-12-15-13(16-17(10)12)9-4-6-11(18)7-5-9/h1-7,18H. The molecule has 3 aromatic rings. The van der Waals surface area contributed by atoms with Crippen molar-refractivity contribution < 1.29 is 5.11 Å². The fraction of sp³-hybridized carbons (Fsp3) is 0. The number of aromatic hydroxyl groups is 1. The Balaban J connectivity index is 2.20. The first kappa shape index (κ1) is 10.3. The lowest BCUT2D eigenvalue weighted by atomic mass is 10.2. The topological polar surface area (TPSA) is 74.2 Å². The van der Waals surface area contributed by atoms with E-state index in [1.54, 1.807) is 42.5 Å². The smallest absolute Gasteiger partial charge is 0.182 e. The first-order valence-corrected chi connectivity index (χ1v) is 5.33. The quantitative estimate of drug-likeness (QED) is 0.701. The number of rotatable bonds is 1. The molecule has 0 fully saturated rings. The highest BCUT2D eigenvalue weighted by atomic mass is 16.3. The second kappa shape index (κ2) is 3.86. The van der Waals surface area contributed by atoms with Crippen LogP contribution in [0.4, 0.5) is 0 Å². The number of hydrogen-bond donors (Lipinski definition) is 1. The van der Waals surface area contributed by atoms with E-state index in [2.05, 4.69) is 16.2 Å². The maximum absolute atomic E-state index is 9.24. The van der Waals surface area contributed by atoms with E-state index in [1.165, 1.54) is 4.52 Å². The number of benzene rings is 1. The molecule has 1 aromatic carbocycles. The summed E-state index contributed by atoms with van der Waals surface area (Å²) < 4.78 is 1.50. The third-order valence-corrected chi connectivity index (χ3v) is 2.60. The number of phenols is 1. The zero-order valence-corrected chi connectivity index (χ0v) is 9.28. The average molecular weight is 236 g/mol. The molecule has 0 aliphatic rings. The molecule has 3 rings (SSSR count). The summed E-state index contributed by atoms with van der Waals surface area (Å²) in [5.41, 5.74) is 1.85. The predicted octanol–water partition coefficient (Wildman–Crippen LogP) is 1.97. The van der Waals surface area contributed by atoms with Crippen LogP contribution in [0.1, 0.15) is 5.69 Å². The fourth-order valence-corrected chi connectivity index (χ4v) is 1.72. The van der Waals surface area contributed by atoms with E-state index in [4.69, 9.17) is 5.26 Å². The van der Waals surface area contributed by atoms with Gasteiger partial charge in [-0.3, -0.25) is 0 Å². The summed E-state index contributed by atoms with van der Waals surface area (Å²) in [5.74, 6) is 0.720. The van der Waals surface area contributed by atoms with Crippen molar-refractivity contribution in [3.05, 3.63) is 48.2 Å². The van der Waals surface area contributed by atoms with Gasteiger partial charge in [-0.05, 0) is 36.4 Å². The second-order valence-corrected chi connectivity index (χ2v) is 3.78. The van der Waals surface area contributed by atoms with Crippen LogP contribution in [0.25, 0.3) is 17.0 Å². The molecule has 2 aromatic heterocycles. The molecule has 2 heterocycles. The van der Waals surface area contributed by atoms with Gasteiger partial charge >= 0.3 is 0 Å². The number of phenolic OH excluding ortho intramolecular Hbond substituents is 1. The Labute approximate surface area is 103 Å². The molecule has 18 heavy (non-hydrogen) atoms. The van der Waals surface area contributed by atoms with Crippen LogP contribution in [0, 0.1) is 11.3 Å². The molecule has 0 bridgehead atoms. The first-order chi connectivity index (χ1) is 8.78. The van der Waals surface area contributed by atoms with Gasteiger partial charge in [0.25, 0.3) is 0 Å². The second-order valence-electron chi connectivity index (χ2n) is 3.78. The van der Waals surface area contributed by atoms with Gasteiger partial charge in [0.15, 0.2) is 11.5 Å². The molecule has 0 atom stereocenters. The molecule has 0 spiro atoms. The molecule has 1 N–H and O–H groups in total. The Bertz CT molecular complexity index is 753. The molecule has 5 nitrogen and oxygen atoms in total. The Morgan fingerprint density at radius 2 is 1.89 bits per heavy atom. The lowest BCUT2D eigenvalue weighted by molar-refractivity contribution is 0.475. The Morgan fingerprint density at radius 1 is 1.11 bits per heavy atom. The van der Waals surface area contributed by atoms with Gasteiger partial charge in [-0.25, -0.2) is 9.50 Å². The zero-order valence-electron chi connectivity index (χ0n) is 9.28. The third kappa shape index (κ3) is 1.57. The normalized spacial score (nSPS) is 10.4. The molecule has 0 saturated carbocycles. The van der Waals surface area contributed by atoms with E-state index in [-0.39, 0.29) is 5.75 Å². The van der Waals surface area contributed by atoms with E-state index in [1.807, 2.05) is 0 Å². The first-order valence-electron chi connectivity index (χ1n) is 5.33. The van der Waals surface area contributed by atoms with Gasteiger partial charge in [0, 0.05) is 5.56 Å². The van der Waals surface area contributed by atoms with Crippen molar-refractivity contribution >= 4 is 5.65 Å². The van der Waals surface area contributed by atoms with Gasteiger partial charge in [-0.1, -0.05) is 6.07 Å². The van der Waals surface area contributed by atoms with E-state index >= 15 is 0 Å². The highest BCUT2D eigenvalue weighted by Gasteiger charge is 2.08. The number of hydrogen-bond acceptors (Lipinski definition) is 4. The summed E-state index contributed by atoms with van der Waals surface area (Å²) in [4.78, 5) is 4.34. The molecule has 0 aliphatic carbocycles. The molecule has 0 aliphatic heterocycles. The van der Waals surface area contributed by atoms with Gasteiger partial charge in [0.1, 0.15) is 17.5 Å². The van der Waals surface area contributed by atoms with Gasteiger partial charge < -0.3 is 5.11 Å². The molecule has 0 amide bonds. The minimum Gasteiger partial charge on any atom is -0.508 e. The Hall–Kier alpha value is -2.87. The van der Waals surface area contributed by atoms with Crippen molar-refractivity contribution in [2.45, 2.75) is 0 Å². The van der Waals surface area contributed by atoms with Crippen molar-refractivity contribution in [3.63, 3.8) is 0 Å². The Morgan fingerprint density at radius 3 is 2.61 bits per heavy atom. The Kier molecular flexibility index (Phi) is 2.21. The summed E-state index contributed by atoms with van der Waals surface area (Å²) in [6.07, 6.45) is 0. The molecule has 0 saturated heterocycles. The van der Waals surface area contributed by atoms with Gasteiger partial charge in [-0.2, -0.15) is 5.26 Å². The highest BCUT2D eigenvalue weighted by Crippen LogP contribution is 2.19. The third-order valence-electron chi connectivity index (χ3n) is 2.60. The van der Waals surface area contributed by atoms with Crippen LogP contribution in [0.15, 0.2) is 42.5 Å². The van der Waals surface area contributed by atoms with E-state index in [0.717, 1.165) is 5.56 Å². The number of fused-ring (bicyclic) bond motifs is 1. The maximum Gasteiger partial charge on any atom is 0.182 e. The summed E-state index contributed by atoms with van der Waals surface area (Å²) in [7, 11) is 0. The van der Waals surface area contributed by atoms with Crippen LogP contribution in [0.3, 0.4) is 0 Å². The van der Waals surface area contributed by atoms with Crippen molar-refractivity contribution in [3.8, 4) is 23.2 Å². The lowest BCUT2D eigenvalue weighted by Crippen LogP contribution is -1.93. The van der Waals surface area contributed by atoms with E-state index < -0.39 is 0 Å². The summed E-state index contributed by atoms with van der Waals surface area (Å²) >= 11 is 0. The van der Waals surface area contributed by atoms with Gasteiger partial charge in [0.2, 0.25) is 0 Å².